The number of nitrogens with two attached hydrogens (primary N) is 1. The highest BCUT2D eigenvalue weighted by Crippen LogP contribution is 2.21. The maximum Gasteiger partial charge on any atom is 0.139 e. The summed E-state index contributed by atoms with van der Waals surface area (Å²) < 4.78 is 13.7. The van der Waals surface area contributed by atoms with E-state index in [4.69, 9.17) is 5.73 Å². The molecule has 0 aliphatic carbocycles. The summed E-state index contributed by atoms with van der Waals surface area (Å²) in [6.07, 6.45) is 0. The zero-order chi connectivity index (χ0) is 12.3. The van der Waals surface area contributed by atoms with Crippen molar-refractivity contribution in [2.45, 2.75) is 0 Å². The summed E-state index contributed by atoms with van der Waals surface area (Å²) in [5.41, 5.74) is 7.14. The normalized spacial score (nSPS) is 11.5. The second-order valence-electron chi connectivity index (χ2n) is 3.46. The van der Waals surface area contributed by atoms with E-state index in [2.05, 4.69) is 20.9 Å². The molecule has 2 nitrogen and oxygen atoms in total. The maximum atomic E-state index is 13.3. The van der Waals surface area contributed by atoms with Crippen molar-refractivity contribution in [3.63, 3.8) is 0 Å². The van der Waals surface area contributed by atoms with Crippen molar-refractivity contribution < 1.29 is 4.39 Å². The van der Waals surface area contributed by atoms with Gasteiger partial charge in [0.2, 0.25) is 0 Å². The third-order valence-electron chi connectivity index (χ3n) is 2.22. The van der Waals surface area contributed by atoms with Gasteiger partial charge in [-0.2, -0.15) is 0 Å². The van der Waals surface area contributed by atoms with Crippen LogP contribution in [0.3, 0.4) is 0 Å². The molecule has 0 saturated heterocycles. The van der Waals surface area contributed by atoms with Crippen molar-refractivity contribution in [3.8, 4) is 0 Å². The molecule has 2 aromatic rings. The highest BCUT2D eigenvalue weighted by Gasteiger charge is 2.01. The predicted octanol–water partition coefficient (Wildman–Crippen LogP) is 3.63. The number of aliphatic imine (C=N–C) groups is 1. The van der Waals surface area contributed by atoms with Crippen LogP contribution in [-0.4, -0.2) is 5.84 Å². The van der Waals surface area contributed by atoms with Crippen LogP contribution in [0.15, 0.2) is 58.0 Å². The molecule has 0 saturated carbocycles. The molecule has 0 aliphatic heterocycles. The molecule has 0 aromatic heterocycles. The molecule has 0 radical (unpaired) electrons. The van der Waals surface area contributed by atoms with Gasteiger partial charge < -0.3 is 5.73 Å². The first-order valence-electron chi connectivity index (χ1n) is 5.01. The molecule has 0 atom stereocenters. The maximum absolute atomic E-state index is 13.3. The lowest BCUT2D eigenvalue weighted by atomic mass is 10.2. The van der Waals surface area contributed by atoms with Gasteiger partial charge in [-0.05, 0) is 28.1 Å². The Kier molecular flexibility index (Phi) is 3.54. The average Bonchev–Trinajstić information content (AvgIpc) is 2.35. The Labute approximate surface area is 107 Å². The van der Waals surface area contributed by atoms with Crippen LogP contribution >= 0.6 is 15.9 Å². The van der Waals surface area contributed by atoms with Crippen LogP contribution in [0, 0.1) is 5.82 Å². The minimum atomic E-state index is -0.355. The second-order valence-corrected chi connectivity index (χ2v) is 4.32. The number of nitrogens with zero attached hydrogens (tertiary/aromatic N) is 1. The molecule has 2 N–H and O–H groups in total. The van der Waals surface area contributed by atoms with Gasteiger partial charge in [-0.25, -0.2) is 9.38 Å². The Bertz CT molecular complexity index is 553. The topological polar surface area (TPSA) is 38.4 Å². The highest BCUT2D eigenvalue weighted by molar-refractivity contribution is 9.10. The van der Waals surface area contributed by atoms with Gasteiger partial charge in [0.15, 0.2) is 0 Å². The van der Waals surface area contributed by atoms with E-state index in [-0.39, 0.29) is 5.82 Å². The zero-order valence-corrected chi connectivity index (χ0v) is 10.5. The Morgan fingerprint density at radius 2 is 1.82 bits per heavy atom. The lowest BCUT2D eigenvalue weighted by molar-refractivity contribution is 0.621. The SMILES string of the molecule is NC(=Nc1ccc(Br)c(F)c1)c1ccccc1. The van der Waals surface area contributed by atoms with E-state index in [1.54, 1.807) is 12.1 Å². The Morgan fingerprint density at radius 1 is 1.12 bits per heavy atom. The first-order chi connectivity index (χ1) is 8.16. The molecule has 86 valence electrons. The molecular weight excluding hydrogens is 283 g/mol. The van der Waals surface area contributed by atoms with Crippen LogP contribution in [0.4, 0.5) is 10.1 Å². The first-order valence-corrected chi connectivity index (χ1v) is 5.81. The van der Waals surface area contributed by atoms with Gasteiger partial charge in [0.1, 0.15) is 11.7 Å². The molecule has 0 bridgehead atoms. The van der Waals surface area contributed by atoms with E-state index in [0.717, 1.165) is 5.56 Å². The summed E-state index contributed by atoms with van der Waals surface area (Å²) in [6, 6.07) is 14.0. The van der Waals surface area contributed by atoms with E-state index >= 15 is 0 Å². The number of hydrogen-bond acceptors (Lipinski definition) is 1. The van der Waals surface area contributed by atoms with Gasteiger partial charge in [-0.3, -0.25) is 0 Å². The van der Waals surface area contributed by atoms with Crippen LogP contribution in [0.25, 0.3) is 0 Å². The van der Waals surface area contributed by atoms with Gasteiger partial charge in [0.25, 0.3) is 0 Å². The fraction of sp³-hybridized carbons (Fsp3) is 0. The molecule has 0 heterocycles. The smallest absolute Gasteiger partial charge is 0.139 e. The van der Waals surface area contributed by atoms with Crippen molar-refractivity contribution in [2.24, 2.45) is 10.7 Å². The van der Waals surface area contributed by atoms with Gasteiger partial charge in [-0.1, -0.05) is 30.3 Å². The van der Waals surface area contributed by atoms with Gasteiger partial charge >= 0.3 is 0 Å². The highest BCUT2D eigenvalue weighted by atomic mass is 79.9. The summed E-state index contributed by atoms with van der Waals surface area (Å²) in [5.74, 6) is 0.0134. The van der Waals surface area contributed by atoms with Crippen molar-refractivity contribution in [2.75, 3.05) is 0 Å². The van der Waals surface area contributed by atoms with Crippen molar-refractivity contribution in [3.05, 3.63) is 64.4 Å². The molecule has 0 aliphatic rings. The Balaban J connectivity index is 2.33. The zero-order valence-electron chi connectivity index (χ0n) is 8.90. The molecule has 0 amide bonds. The first kappa shape index (κ1) is 11.8. The number of benzene rings is 2. The fourth-order valence-corrected chi connectivity index (χ4v) is 1.61. The number of hydrogen-bond donors (Lipinski definition) is 1. The molecule has 0 unspecified atom stereocenters. The van der Waals surface area contributed by atoms with E-state index in [1.165, 1.54) is 6.07 Å². The lowest BCUT2D eigenvalue weighted by Crippen LogP contribution is -2.12. The van der Waals surface area contributed by atoms with Crippen LogP contribution < -0.4 is 5.73 Å². The summed E-state index contributed by atoms with van der Waals surface area (Å²) in [5, 5.41) is 0. The Morgan fingerprint density at radius 3 is 2.47 bits per heavy atom. The molecule has 0 fully saturated rings. The third kappa shape index (κ3) is 2.91. The molecule has 0 spiro atoms. The van der Waals surface area contributed by atoms with Crippen LogP contribution in [0.1, 0.15) is 5.56 Å². The number of halogens is 2. The summed E-state index contributed by atoms with van der Waals surface area (Å²) in [7, 11) is 0. The predicted molar refractivity (Wildman–Crippen MR) is 70.9 cm³/mol. The second kappa shape index (κ2) is 5.10. The number of amidine groups is 1. The van der Waals surface area contributed by atoms with E-state index < -0.39 is 0 Å². The van der Waals surface area contributed by atoms with Crippen molar-refractivity contribution >= 4 is 27.5 Å². The molecule has 2 aromatic carbocycles. The van der Waals surface area contributed by atoms with Crippen LogP contribution in [0.5, 0.6) is 0 Å². The van der Waals surface area contributed by atoms with E-state index in [0.29, 0.717) is 16.0 Å². The number of rotatable bonds is 2. The van der Waals surface area contributed by atoms with Crippen molar-refractivity contribution in [1.29, 1.82) is 0 Å². The van der Waals surface area contributed by atoms with Gasteiger partial charge in [0.05, 0.1) is 10.2 Å². The lowest BCUT2D eigenvalue weighted by Gasteiger charge is -2.01. The molecule has 2 rings (SSSR count). The minimum absolute atomic E-state index is 0.355. The third-order valence-corrected chi connectivity index (χ3v) is 2.87. The summed E-state index contributed by atoms with van der Waals surface area (Å²) in [6.45, 7) is 0. The standard InChI is InChI=1S/C13H10BrFN2/c14-11-7-6-10(8-12(11)15)17-13(16)9-4-2-1-3-5-9/h1-8H,(H2,16,17). The van der Waals surface area contributed by atoms with E-state index in [9.17, 15) is 4.39 Å². The summed E-state index contributed by atoms with van der Waals surface area (Å²) >= 11 is 3.09. The largest absolute Gasteiger partial charge is 0.383 e. The molecule has 17 heavy (non-hydrogen) atoms. The molecular formula is C13H10BrFN2. The van der Waals surface area contributed by atoms with Gasteiger partial charge in [0, 0.05) is 11.6 Å². The monoisotopic (exact) mass is 292 g/mol. The van der Waals surface area contributed by atoms with E-state index in [1.807, 2.05) is 30.3 Å². The van der Waals surface area contributed by atoms with Crippen LogP contribution in [0.2, 0.25) is 0 Å². The minimum Gasteiger partial charge on any atom is -0.383 e. The average molecular weight is 293 g/mol. The van der Waals surface area contributed by atoms with Crippen LogP contribution in [-0.2, 0) is 0 Å². The fourth-order valence-electron chi connectivity index (χ4n) is 1.37. The summed E-state index contributed by atoms with van der Waals surface area (Å²) in [4.78, 5) is 4.16. The van der Waals surface area contributed by atoms with Gasteiger partial charge in [-0.15, -0.1) is 0 Å². The Hall–Kier alpha value is -1.68. The quantitative estimate of drug-likeness (QED) is 0.666. The van der Waals surface area contributed by atoms with Crippen molar-refractivity contribution in [1.82, 2.24) is 0 Å². The molecule has 4 heteroatoms.